The number of hydrogen-bond donors (Lipinski definition) is 6. The van der Waals surface area contributed by atoms with Crippen molar-refractivity contribution in [2.75, 3.05) is 14.2 Å². The first-order valence-electron chi connectivity index (χ1n) is 9.69. The van der Waals surface area contributed by atoms with Gasteiger partial charge in [-0.3, -0.25) is 9.59 Å². The van der Waals surface area contributed by atoms with Crippen LogP contribution in [0.5, 0.6) is 34.5 Å². The number of carbonyl (C=O) groups is 2. The Labute approximate surface area is 183 Å². The summed E-state index contributed by atoms with van der Waals surface area (Å²) in [6.07, 6.45) is -0.252. The summed E-state index contributed by atoms with van der Waals surface area (Å²) in [5, 5.41) is 58.5. The monoisotopic (exact) mass is 450 g/mol. The number of benzene rings is 2. The van der Waals surface area contributed by atoms with Gasteiger partial charge in [0.25, 0.3) is 0 Å². The summed E-state index contributed by atoms with van der Waals surface area (Å²) >= 11 is 0. The van der Waals surface area contributed by atoms with E-state index < -0.39 is 46.8 Å². The van der Waals surface area contributed by atoms with Gasteiger partial charge in [0.2, 0.25) is 11.5 Å². The lowest BCUT2D eigenvalue weighted by Crippen LogP contribution is -2.28. The summed E-state index contributed by atoms with van der Waals surface area (Å²) in [5.74, 6) is -5.90. The van der Waals surface area contributed by atoms with E-state index in [4.69, 9.17) is 14.6 Å². The van der Waals surface area contributed by atoms with Crippen molar-refractivity contribution in [3.05, 3.63) is 35.4 Å². The van der Waals surface area contributed by atoms with E-state index in [1.54, 1.807) is 0 Å². The molecule has 174 valence electrons. The van der Waals surface area contributed by atoms with E-state index in [0.29, 0.717) is 11.1 Å². The number of aliphatic carboxylic acids is 2. The SMILES string of the molecule is COc1cc(C[C@H](CCC(=O)O)[C@H](Cc2cc(O)c(O)c(OC)c2)C(=O)O)cc(O)c1O. The molecule has 0 aliphatic heterocycles. The van der Waals surface area contributed by atoms with Gasteiger partial charge < -0.3 is 40.1 Å². The average Bonchev–Trinajstić information content (AvgIpc) is 2.73. The fraction of sp³-hybridized carbons (Fsp3) is 0.364. The number of ether oxygens (including phenoxy) is 2. The first-order chi connectivity index (χ1) is 15.1. The van der Waals surface area contributed by atoms with Crippen LogP contribution in [0.1, 0.15) is 24.0 Å². The van der Waals surface area contributed by atoms with E-state index in [1.165, 1.54) is 38.5 Å². The van der Waals surface area contributed by atoms with Crippen LogP contribution in [-0.4, -0.2) is 56.8 Å². The summed E-state index contributed by atoms with van der Waals surface area (Å²) in [4.78, 5) is 23.3. The Morgan fingerprint density at radius 2 is 1.28 bits per heavy atom. The minimum absolute atomic E-state index is 0.00273. The first-order valence-corrected chi connectivity index (χ1v) is 9.69. The Kier molecular flexibility index (Phi) is 8.00. The second-order valence-electron chi connectivity index (χ2n) is 7.38. The van der Waals surface area contributed by atoms with E-state index in [-0.39, 0.29) is 37.2 Å². The Morgan fingerprint density at radius 3 is 1.69 bits per heavy atom. The largest absolute Gasteiger partial charge is 0.504 e. The molecule has 10 heteroatoms. The van der Waals surface area contributed by atoms with Crippen LogP contribution >= 0.6 is 0 Å². The molecule has 0 spiro atoms. The Hall–Kier alpha value is -3.82. The Bertz CT molecular complexity index is 985. The fourth-order valence-corrected chi connectivity index (χ4v) is 3.61. The number of rotatable bonds is 11. The standard InChI is InChI=1S/C22H26O10/c1-31-17-9-11(7-15(23)20(17)27)5-13(3-4-19(25)26)14(22(29)30)6-12-8-16(24)21(28)18(10-12)32-2/h7-10,13-14,23-24,27-28H,3-6H2,1-2H3,(H,25,26)(H,29,30)/t13-,14-/m0/s1. The molecule has 0 radical (unpaired) electrons. The average molecular weight is 450 g/mol. The molecule has 0 aromatic heterocycles. The van der Waals surface area contributed by atoms with Gasteiger partial charge in [0.1, 0.15) is 0 Å². The van der Waals surface area contributed by atoms with Crippen LogP contribution in [0.3, 0.4) is 0 Å². The van der Waals surface area contributed by atoms with Crippen molar-refractivity contribution >= 4 is 11.9 Å². The van der Waals surface area contributed by atoms with Gasteiger partial charge in [-0.2, -0.15) is 0 Å². The van der Waals surface area contributed by atoms with Gasteiger partial charge in [0.15, 0.2) is 23.0 Å². The number of phenols is 4. The molecule has 2 aromatic rings. The highest BCUT2D eigenvalue weighted by molar-refractivity contribution is 5.71. The predicted octanol–water partition coefficient (Wildman–Crippen LogP) is 2.49. The highest BCUT2D eigenvalue weighted by atomic mass is 16.5. The number of carboxylic acids is 2. The van der Waals surface area contributed by atoms with Gasteiger partial charge in [-0.25, -0.2) is 0 Å². The number of methoxy groups -OCH3 is 2. The van der Waals surface area contributed by atoms with Crippen LogP contribution in [0.25, 0.3) is 0 Å². The van der Waals surface area contributed by atoms with E-state index in [1.807, 2.05) is 0 Å². The molecule has 6 N–H and O–H groups in total. The molecule has 0 heterocycles. The van der Waals surface area contributed by atoms with Gasteiger partial charge in [-0.05, 0) is 60.6 Å². The second kappa shape index (κ2) is 10.5. The maximum absolute atomic E-state index is 12.1. The van der Waals surface area contributed by atoms with E-state index in [9.17, 15) is 35.1 Å². The van der Waals surface area contributed by atoms with Crippen LogP contribution in [-0.2, 0) is 22.4 Å². The van der Waals surface area contributed by atoms with Crippen molar-refractivity contribution in [2.24, 2.45) is 11.8 Å². The van der Waals surface area contributed by atoms with Gasteiger partial charge in [0.05, 0.1) is 20.1 Å². The third-order valence-electron chi connectivity index (χ3n) is 5.24. The molecular weight excluding hydrogens is 424 g/mol. The molecule has 10 nitrogen and oxygen atoms in total. The number of aromatic hydroxyl groups is 4. The first kappa shape index (κ1) is 24.4. The molecule has 0 unspecified atom stereocenters. The molecule has 0 bridgehead atoms. The second-order valence-corrected chi connectivity index (χ2v) is 7.38. The van der Waals surface area contributed by atoms with Crippen molar-refractivity contribution in [3.8, 4) is 34.5 Å². The van der Waals surface area contributed by atoms with Gasteiger partial charge in [-0.1, -0.05) is 0 Å². The highest BCUT2D eigenvalue weighted by Crippen LogP contribution is 2.40. The van der Waals surface area contributed by atoms with Crippen molar-refractivity contribution in [1.82, 2.24) is 0 Å². The maximum atomic E-state index is 12.1. The summed E-state index contributed by atoms with van der Waals surface area (Å²) in [6, 6.07) is 5.32. The predicted molar refractivity (Wildman–Crippen MR) is 112 cm³/mol. The van der Waals surface area contributed by atoms with Gasteiger partial charge >= 0.3 is 11.9 Å². The Balaban J connectivity index is 2.41. The van der Waals surface area contributed by atoms with Crippen molar-refractivity contribution in [2.45, 2.75) is 25.7 Å². The smallest absolute Gasteiger partial charge is 0.307 e. The number of phenolic OH excluding ortho intramolecular Hbond substituents is 4. The van der Waals surface area contributed by atoms with Crippen LogP contribution in [0.15, 0.2) is 24.3 Å². The topological polar surface area (TPSA) is 174 Å². The molecule has 0 saturated carbocycles. The summed E-state index contributed by atoms with van der Waals surface area (Å²) in [5.41, 5.74) is 0.820. The highest BCUT2D eigenvalue weighted by Gasteiger charge is 2.30. The molecule has 2 aromatic carbocycles. The van der Waals surface area contributed by atoms with Gasteiger partial charge in [-0.15, -0.1) is 0 Å². The summed E-state index contributed by atoms with van der Waals surface area (Å²) < 4.78 is 10.0. The number of carboxylic acid groups (broad SMARTS) is 2. The zero-order valence-electron chi connectivity index (χ0n) is 17.6. The lowest BCUT2D eigenvalue weighted by Gasteiger charge is -2.25. The van der Waals surface area contributed by atoms with Crippen LogP contribution < -0.4 is 9.47 Å². The van der Waals surface area contributed by atoms with E-state index in [0.717, 1.165) is 0 Å². The third kappa shape index (κ3) is 5.87. The van der Waals surface area contributed by atoms with Crippen molar-refractivity contribution < 1.29 is 49.7 Å². The van der Waals surface area contributed by atoms with Gasteiger partial charge in [0, 0.05) is 6.42 Å². The minimum Gasteiger partial charge on any atom is -0.504 e. The Morgan fingerprint density at radius 1 is 0.812 bits per heavy atom. The summed E-state index contributed by atoms with van der Waals surface area (Å²) in [7, 11) is 2.58. The lowest BCUT2D eigenvalue weighted by molar-refractivity contribution is -0.145. The summed E-state index contributed by atoms with van der Waals surface area (Å²) in [6.45, 7) is 0. The van der Waals surface area contributed by atoms with Crippen LogP contribution in [0.4, 0.5) is 0 Å². The normalized spacial score (nSPS) is 12.7. The van der Waals surface area contributed by atoms with E-state index >= 15 is 0 Å². The lowest BCUT2D eigenvalue weighted by atomic mass is 9.80. The molecule has 0 aliphatic rings. The molecular formula is C22H26O10. The molecule has 0 amide bonds. The van der Waals surface area contributed by atoms with Crippen molar-refractivity contribution in [3.63, 3.8) is 0 Å². The quantitative estimate of drug-likeness (QED) is 0.279. The van der Waals surface area contributed by atoms with Crippen LogP contribution in [0.2, 0.25) is 0 Å². The molecule has 32 heavy (non-hydrogen) atoms. The zero-order valence-corrected chi connectivity index (χ0v) is 17.6. The number of hydrogen-bond acceptors (Lipinski definition) is 8. The molecule has 2 rings (SSSR count). The van der Waals surface area contributed by atoms with Crippen LogP contribution in [0, 0.1) is 11.8 Å². The molecule has 2 atom stereocenters. The minimum atomic E-state index is -1.18. The maximum Gasteiger partial charge on any atom is 0.307 e. The van der Waals surface area contributed by atoms with E-state index in [2.05, 4.69) is 0 Å². The molecule has 0 aliphatic carbocycles. The zero-order chi connectivity index (χ0) is 24.0. The third-order valence-corrected chi connectivity index (χ3v) is 5.24. The fourth-order valence-electron chi connectivity index (χ4n) is 3.61. The molecule has 0 fully saturated rings. The van der Waals surface area contributed by atoms with Crippen molar-refractivity contribution in [1.29, 1.82) is 0 Å². The molecule has 0 saturated heterocycles.